The molecule has 1 atom stereocenters. The van der Waals surface area contributed by atoms with E-state index in [1.807, 2.05) is 24.3 Å². The highest BCUT2D eigenvalue weighted by Crippen LogP contribution is 2.24. The minimum absolute atomic E-state index is 0.0397. The molecule has 21 heavy (non-hydrogen) atoms. The summed E-state index contributed by atoms with van der Waals surface area (Å²) in [5, 5.41) is 12.7. The second-order valence-electron chi connectivity index (χ2n) is 4.42. The van der Waals surface area contributed by atoms with E-state index < -0.39 is 0 Å². The van der Waals surface area contributed by atoms with Gasteiger partial charge in [0.2, 0.25) is 5.95 Å². The molecule has 0 bridgehead atoms. The van der Waals surface area contributed by atoms with Crippen molar-refractivity contribution in [3.8, 4) is 5.75 Å². The Hall–Kier alpha value is -2.05. The van der Waals surface area contributed by atoms with Gasteiger partial charge in [-0.05, 0) is 24.1 Å². The number of nitrogens with zero attached hydrogens (tertiary/aromatic N) is 2. The first kappa shape index (κ1) is 15.3. The summed E-state index contributed by atoms with van der Waals surface area (Å²) in [6, 6.07) is 9.06. The molecule has 0 amide bonds. The Labute approximate surface area is 127 Å². The summed E-state index contributed by atoms with van der Waals surface area (Å²) >= 11 is 5.86. The van der Waals surface area contributed by atoms with Crippen LogP contribution in [0.5, 0.6) is 5.75 Å². The lowest BCUT2D eigenvalue weighted by Gasteiger charge is -2.19. The quantitative estimate of drug-likeness (QED) is 0.709. The zero-order valence-electron chi connectivity index (χ0n) is 11.6. The minimum Gasteiger partial charge on any atom is -0.497 e. The fraction of sp³-hybridized carbons (Fsp3) is 0.286. The first-order valence-electron chi connectivity index (χ1n) is 6.44. The van der Waals surface area contributed by atoms with Crippen LogP contribution in [0.25, 0.3) is 0 Å². The summed E-state index contributed by atoms with van der Waals surface area (Å²) in [4.78, 5) is 7.89. The normalized spacial score (nSPS) is 12.0. The number of nitrogen functional groups attached to an aromatic ring is 1. The molecule has 6 nitrogen and oxygen atoms in total. The summed E-state index contributed by atoms with van der Waals surface area (Å²) in [5.41, 5.74) is 6.57. The number of nitrogens with one attached hydrogen (secondary N) is 1. The van der Waals surface area contributed by atoms with Gasteiger partial charge in [0.05, 0.1) is 13.2 Å². The van der Waals surface area contributed by atoms with Gasteiger partial charge in [0, 0.05) is 12.7 Å². The van der Waals surface area contributed by atoms with Gasteiger partial charge in [0.25, 0.3) is 0 Å². The van der Waals surface area contributed by atoms with Gasteiger partial charge < -0.3 is 20.9 Å². The molecule has 0 aliphatic rings. The van der Waals surface area contributed by atoms with E-state index in [4.69, 9.17) is 22.1 Å². The Bertz CT molecular complexity index is 572. The summed E-state index contributed by atoms with van der Waals surface area (Å²) < 4.78 is 5.13. The number of aliphatic hydroxyl groups excluding tert-OH is 1. The predicted octanol–water partition coefficient (Wildman–Crippen LogP) is 2.26. The molecule has 1 unspecified atom stereocenters. The third-order valence-electron chi connectivity index (χ3n) is 2.97. The Kier molecular flexibility index (Phi) is 5.19. The Morgan fingerprint density at radius 2 is 2.05 bits per heavy atom. The van der Waals surface area contributed by atoms with E-state index in [0.29, 0.717) is 12.2 Å². The van der Waals surface area contributed by atoms with E-state index in [1.165, 1.54) is 0 Å². The molecule has 0 saturated carbocycles. The highest BCUT2D eigenvalue weighted by atomic mass is 35.5. The molecule has 0 radical (unpaired) electrons. The average Bonchev–Trinajstić information content (AvgIpc) is 2.46. The van der Waals surface area contributed by atoms with Gasteiger partial charge in [-0.2, -0.15) is 4.98 Å². The minimum atomic E-state index is -0.119. The topological polar surface area (TPSA) is 93.3 Å². The summed E-state index contributed by atoms with van der Waals surface area (Å²) in [7, 11) is 1.62. The molecular weight excluding hydrogens is 292 g/mol. The highest BCUT2D eigenvalue weighted by Gasteiger charge is 2.13. The van der Waals surface area contributed by atoms with E-state index >= 15 is 0 Å². The van der Waals surface area contributed by atoms with Crippen LogP contribution in [0.1, 0.15) is 18.0 Å². The number of methoxy groups -OCH3 is 1. The molecule has 2 aromatic rings. The van der Waals surface area contributed by atoms with Crippen LogP contribution in [0.15, 0.2) is 30.3 Å². The van der Waals surface area contributed by atoms with Gasteiger partial charge in [-0.1, -0.05) is 23.7 Å². The highest BCUT2D eigenvalue weighted by molar-refractivity contribution is 6.29. The Morgan fingerprint density at radius 3 is 2.62 bits per heavy atom. The number of benzene rings is 1. The molecule has 1 aromatic heterocycles. The van der Waals surface area contributed by atoms with Crippen molar-refractivity contribution in [2.24, 2.45) is 0 Å². The number of rotatable bonds is 6. The molecule has 0 aliphatic carbocycles. The van der Waals surface area contributed by atoms with E-state index in [-0.39, 0.29) is 23.8 Å². The number of ether oxygens (including phenoxy) is 1. The lowest BCUT2D eigenvalue weighted by molar-refractivity contribution is 0.280. The molecule has 1 aromatic carbocycles. The molecule has 112 valence electrons. The smallest absolute Gasteiger partial charge is 0.223 e. The Balaban J connectivity index is 2.21. The molecule has 0 saturated heterocycles. The fourth-order valence-corrected chi connectivity index (χ4v) is 2.17. The van der Waals surface area contributed by atoms with Crippen molar-refractivity contribution < 1.29 is 9.84 Å². The van der Waals surface area contributed by atoms with Crippen LogP contribution in [0, 0.1) is 0 Å². The van der Waals surface area contributed by atoms with Gasteiger partial charge in [-0.3, -0.25) is 0 Å². The second-order valence-corrected chi connectivity index (χ2v) is 4.80. The number of halogens is 1. The number of aliphatic hydroxyl groups is 1. The van der Waals surface area contributed by atoms with Crippen LogP contribution in [0.3, 0.4) is 0 Å². The molecular formula is C14H17ClN4O2. The van der Waals surface area contributed by atoms with E-state index in [9.17, 15) is 5.11 Å². The van der Waals surface area contributed by atoms with Crippen molar-refractivity contribution in [1.29, 1.82) is 0 Å². The number of aromatic nitrogens is 2. The molecule has 0 spiro atoms. The largest absolute Gasteiger partial charge is 0.497 e. The van der Waals surface area contributed by atoms with Crippen LogP contribution in [-0.4, -0.2) is 28.8 Å². The van der Waals surface area contributed by atoms with Gasteiger partial charge >= 0.3 is 0 Å². The van der Waals surface area contributed by atoms with Crippen LogP contribution < -0.4 is 15.8 Å². The van der Waals surface area contributed by atoms with Gasteiger partial charge in [0.15, 0.2) is 0 Å². The number of nitrogens with two attached hydrogens (primary N) is 1. The van der Waals surface area contributed by atoms with Crippen LogP contribution >= 0.6 is 11.6 Å². The molecule has 7 heteroatoms. The van der Waals surface area contributed by atoms with Crippen molar-refractivity contribution in [2.45, 2.75) is 12.5 Å². The van der Waals surface area contributed by atoms with Crippen molar-refractivity contribution >= 4 is 23.4 Å². The average molecular weight is 309 g/mol. The van der Waals surface area contributed by atoms with Gasteiger partial charge in [-0.25, -0.2) is 4.98 Å². The maximum Gasteiger partial charge on any atom is 0.223 e. The molecule has 2 rings (SSSR count). The maximum absolute atomic E-state index is 9.24. The van der Waals surface area contributed by atoms with Crippen molar-refractivity contribution in [1.82, 2.24) is 9.97 Å². The summed E-state index contributed by atoms with van der Waals surface area (Å²) in [5.74, 6) is 1.39. The monoisotopic (exact) mass is 308 g/mol. The van der Waals surface area contributed by atoms with Crippen molar-refractivity contribution in [3.63, 3.8) is 0 Å². The SMILES string of the molecule is COc1ccc(C(CCO)Nc2cc(Cl)nc(N)n2)cc1. The number of hydrogen-bond acceptors (Lipinski definition) is 6. The van der Waals surface area contributed by atoms with Gasteiger partial charge in [0.1, 0.15) is 16.7 Å². The maximum atomic E-state index is 9.24. The van der Waals surface area contributed by atoms with Crippen LogP contribution in [0.4, 0.5) is 11.8 Å². The lowest BCUT2D eigenvalue weighted by Crippen LogP contribution is -2.14. The first-order valence-corrected chi connectivity index (χ1v) is 6.81. The first-order chi connectivity index (χ1) is 10.1. The van der Waals surface area contributed by atoms with E-state index in [0.717, 1.165) is 11.3 Å². The van der Waals surface area contributed by atoms with Gasteiger partial charge in [-0.15, -0.1) is 0 Å². The van der Waals surface area contributed by atoms with E-state index in [1.54, 1.807) is 13.2 Å². The number of hydrogen-bond donors (Lipinski definition) is 3. The summed E-state index contributed by atoms with van der Waals surface area (Å²) in [6.07, 6.45) is 0.522. The fourth-order valence-electron chi connectivity index (χ4n) is 1.98. The van der Waals surface area contributed by atoms with Crippen molar-refractivity contribution in [3.05, 3.63) is 41.0 Å². The lowest BCUT2D eigenvalue weighted by atomic mass is 10.0. The molecule has 1 heterocycles. The second kappa shape index (κ2) is 7.10. The molecule has 0 fully saturated rings. The predicted molar refractivity (Wildman–Crippen MR) is 82.5 cm³/mol. The number of anilines is 2. The zero-order valence-corrected chi connectivity index (χ0v) is 12.3. The standard InChI is InChI=1S/C14H17ClN4O2/c1-21-10-4-2-9(3-5-10)11(6-7-20)17-13-8-12(15)18-14(16)19-13/h2-5,8,11,20H,6-7H2,1H3,(H3,16,17,18,19). The molecule has 0 aliphatic heterocycles. The third-order valence-corrected chi connectivity index (χ3v) is 3.16. The Morgan fingerprint density at radius 1 is 1.33 bits per heavy atom. The molecule has 4 N–H and O–H groups in total. The van der Waals surface area contributed by atoms with E-state index in [2.05, 4.69) is 15.3 Å². The van der Waals surface area contributed by atoms with Crippen molar-refractivity contribution in [2.75, 3.05) is 24.8 Å². The van der Waals surface area contributed by atoms with Crippen LogP contribution in [0.2, 0.25) is 5.15 Å². The summed E-state index contributed by atoms with van der Waals surface area (Å²) in [6.45, 7) is 0.0397. The van der Waals surface area contributed by atoms with Crippen LogP contribution in [-0.2, 0) is 0 Å². The third kappa shape index (κ3) is 4.21. The zero-order chi connectivity index (χ0) is 15.2.